The van der Waals surface area contributed by atoms with Crippen LogP contribution in [0.15, 0.2) is 0 Å². The Balaban J connectivity index is 2.94. The molecule has 1 aliphatic rings. The normalized spacial score (nSPS) is 19.6. The van der Waals surface area contributed by atoms with Crippen molar-refractivity contribution in [3.63, 3.8) is 0 Å². The molecule has 1 saturated heterocycles. The first-order valence-corrected chi connectivity index (χ1v) is 11.8. The molecule has 184 valence electrons. The summed E-state index contributed by atoms with van der Waals surface area (Å²) >= 11 is 16.9. The highest BCUT2D eigenvalue weighted by Crippen LogP contribution is 2.27. The molecular formula is C21H33Cl3N2O6. The predicted octanol–water partition coefficient (Wildman–Crippen LogP) is 2.64. The van der Waals surface area contributed by atoms with E-state index in [-0.39, 0.29) is 11.8 Å². The molecule has 0 aromatic carbocycles. The fraction of sp³-hybridized carbons (Fsp3) is 0.810. The molecule has 32 heavy (non-hydrogen) atoms. The fourth-order valence-corrected chi connectivity index (χ4v) is 3.59. The Labute approximate surface area is 204 Å². The highest BCUT2D eigenvalue weighted by atomic mass is 35.6. The maximum absolute atomic E-state index is 13.3. The van der Waals surface area contributed by atoms with Crippen LogP contribution in [-0.4, -0.2) is 68.7 Å². The first kappa shape index (κ1) is 28.9. The van der Waals surface area contributed by atoms with E-state index < -0.39 is 58.1 Å². The van der Waals surface area contributed by atoms with E-state index in [1.54, 1.807) is 13.8 Å². The van der Waals surface area contributed by atoms with Crippen molar-refractivity contribution in [1.82, 2.24) is 10.2 Å². The molecule has 11 heteroatoms. The SMILES string of the molecule is CC(C)C[C@H](NC(=O)C(C)C(=O)[C@@H](O)C(C)C)C(=O)N1CCC[C@H]1C(=O)OCC(Cl)(Cl)Cl. The molecule has 1 rings (SSSR count). The van der Waals surface area contributed by atoms with Crippen molar-refractivity contribution in [1.29, 1.82) is 0 Å². The van der Waals surface area contributed by atoms with Gasteiger partial charge in [0.05, 0.1) is 5.92 Å². The van der Waals surface area contributed by atoms with Crippen molar-refractivity contribution >= 4 is 58.4 Å². The molecule has 2 N–H and O–H groups in total. The molecule has 1 heterocycles. The number of nitrogens with zero attached hydrogens (tertiary/aromatic N) is 1. The predicted molar refractivity (Wildman–Crippen MR) is 122 cm³/mol. The zero-order valence-corrected chi connectivity index (χ0v) is 21.3. The number of likely N-dealkylation sites (tertiary alicyclic amines) is 1. The van der Waals surface area contributed by atoms with Crippen molar-refractivity contribution in [3.8, 4) is 0 Å². The molecule has 0 spiro atoms. The maximum atomic E-state index is 13.3. The van der Waals surface area contributed by atoms with Gasteiger partial charge in [0.1, 0.15) is 24.8 Å². The number of rotatable bonds is 10. The number of Topliss-reactive ketones (excluding diaryl/α,β-unsaturated/α-hetero) is 1. The van der Waals surface area contributed by atoms with Gasteiger partial charge in [0.15, 0.2) is 5.78 Å². The zero-order chi connectivity index (χ0) is 24.8. The summed E-state index contributed by atoms with van der Waals surface area (Å²) in [5, 5.41) is 12.6. The molecule has 1 aliphatic heterocycles. The van der Waals surface area contributed by atoms with Crippen LogP contribution in [0.25, 0.3) is 0 Å². The Morgan fingerprint density at radius 1 is 1.12 bits per heavy atom. The van der Waals surface area contributed by atoms with Gasteiger partial charge in [-0.1, -0.05) is 62.5 Å². The number of halogens is 3. The second-order valence-corrected chi connectivity index (χ2v) is 11.4. The topological polar surface area (TPSA) is 113 Å². The van der Waals surface area contributed by atoms with Gasteiger partial charge in [-0.25, -0.2) is 4.79 Å². The van der Waals surface area contributed by atoms with Gasteiger partial charge < -0.3 is 20.1 Å². The number of nitrogens with one attached hydrogen (secondary N) is 1. The third-order valence-electron chi connectivity index (χ3n) is 5.25. The Bertz CT molecular complexity index is 696. The minimum absolute atomic E-state index is 0.0499. The number of aliphatic hydroxyl groups is 1. The van der Waals surface area contributed by atoms with Gasteiger partial charge >= 0.3 is 5.97 Å². The highest BCUT2D eigenvalue weighted by Gasteiger charge is 2.40. The largest absolute Gasteiger partial charge is 0.460 e. The molecule has 0 aromatic heterocycles. The van der Waals surface area contributed by atoms with Crippen LogP contribution in [0.2, 0.25) is 0 Å². The molecule has 0 bridgehead atoms. The van der Waals surface area contributed by atoms with Gasteiger partial charge in [-0.05, 0) is 38.0 Å². The minimum atomic E-state index is -1.76. The molecular weight excluding hydrogens is 483 g/mol. The van der Waals surface area contributed by atoms with Crippen LogP contribution < -0.4 is 5.32 Å². The number of hydrogen-bond donors (Lipinski definition) is 2. The quantitative estimate of drug-likeness (QED) is 0.263. The van der Waals surface area contributed by atoms with Crippen LogP contribution in [0.5, 0.6) is 0 Å². The second-order valence-electron chi connectivity index (χ2n) is 8.92. The van der Waals surface area contributed by atoms with Gasteiger partial charge in [-0.2, -0.15) is 0 Å². The van der Waals surface area contributed by atoms with Crippen molar-refractivity contribution in [2.24, 2.45) is 17.8 Å². The van der Waals surface area contributed by atoms with E-state index >= 15 is 0 Å². The summed E-state index contributed by atoms with van der Waals surface area (Å²) in [6.07, 6.45) is 0.00917. The highest BCUT2D eigenvalue weighted by molar-refractivity contribution is 6.67. The lowest BCUT2D eigenvalue weighted by molar-refractivity contribution is -0.154. The number of amides is 2. The van der Waals surface area contributed by atoms with E-state index in [2.05, 4.69) is 5.32 Å². The lowest BCUT2D eigenvalue weighted by Crippen LogP contribution is -2.54. The van der Waals surface area contributed by atoms with Gasteiger partial charge in [-0.15, -0.1) is 0 Å². The molecule has 1 unspecified atom stereocenters. The Morgan fingerprint density at radius 2 is 1.72 bits per heavy atom. The summed E-state index contributed by atoms with van der Waals surface area (Å²) in [4.78, 5) is 52.1. The first-order valence-electron chi connectivity index (χ1n) is 10.7. The number of esters is 1. The number of ether oxygens (including phenoxy) is 1. The summed E-state index contributed by atoms with van der Waals surface area (Å²) in [6.45, 7) is 8.39. The average molecular weight is 516 g/mol. The molecule has 1 fully saturated rings. The smallest absolute Gasteiger partial charge is 0.329 e. The number of hydrogen-bond acceptors (Lipinski definition) is 6. The standard InChI is InChI=1S/C21H33Cl3N2O6/c1-11(2)9-14(25-18(29)13(5)17(28)16(27)12(3)4)19(30)26-8-6-7-15(26)20(31)32-10-21(22,23)24/h11-16,27H,6-10H2,1-5H3,(H,25,29)/t13?,14-,15-,16-/m0/s1. The molecule has 2 amide bonds. The van der Waals surface area contributed by atoms with Crippen LogP contribution in [0.3, 0.4) is 0 Å². The Kier molecular flexibility index (Phi) is 11.2. The summed E-state index contributed by atoms with van der Waals surface area (Å²) in [6, 6.07) is -1.78. The van der Waals surface area contributed by atoms with Crippen molar-refractivity contribution < 1.29 is 29.0 Å². The monoisotopic (exact) mass is 514 g/mol. The van der Waals surface area contributed by atoms with Gasteiger partial charge in [-0.3, -0.25) is 14.4 Å². The van der Waals surface area contributed by atoms with E-state index in [0.29, 0.717) is 25.8 Å². The second kappa shape index (κ2) is 12.4. The van der Waals surface area contributed by atoms with Crippen LogP contribution in [-0.2, 0) is 23.9 Å². The third kappa shape index (κ3) is 8.69. The number of carbonyl (C=O) groups excluding carboxylic acids is 4. The van der Waals surface area contributed by atoms with Crippen LogP contribution in [0, 0.1) is 17.8 Å². The Morgan fingerprint density at radius 3 is 2.22 bits per heavy atom. The lowest BCUT2D eigenvalue weighted by atomic mass is 9.93. The zero-order valence-electron chi connectivity index (χ0n) is 19.1. The number of ketones is 1. The maximum Gasteiger partial charge on any atom is 0.329 e. The fourth-order valence-electron chi connectivity index (χ4n) is 3.43. The van der Waals surface area contributed by atoms with E-state index in [0.717, 1.165) is 0 Å². The van der Waals surface area contributed by atoms with Crippen molar-refractivity contribution in [2.75, 3.05) is 13.2 Å². The summed E-state index contributed by atoms with van der Waals surface area (Å²) in [5.74, 6) is -3.79. The van der Waals surface area contributed by atoms with E-state index in [9.17, 15) is 24.3 Å². The van der Waals surface area contributed by atoms with Crippen molar-refractivity contribution in [3.05, 3.63) is 0 Å². The first-order chi connectivity index (χ1) is 14.7. The minimum Gasteiger partial charge on any atom is -0.460 e. The van der Waals surface area contributed by atoms with Gasteiger partial charge in [0.2, 0.25) is 15.6 Å². The van der Waals surface area contributed by atoms with E-state index in [1.165, 1.54) is 11.8 Å². The molecule has 0 saturated carbocycles. The lowest BCUT2D eigenvalue weighted by Gasteiger charge is -2.30. The molecule has 0 radical (unpaired) electrons. The molecule has 4 atom stereocenters. The van der Waals surface area contributed by atoms with Crippen LogP contribution in [0.4, 0.5) is 0 Å². The molecule has 0 aliphatic carbocycles. The number of carbonyl (C=O) groups is 4. The van der Waals surface area contributed by atoms with Crippen LogP contribution in [0.1, 0.15) is 53.9 Å². The molecule has 8 nitrogen and oxygen atoms in total. The van der Waals surface area contributed by atoms with Crippen LogP contribution >= 0.6 is 34.8 Å². The van der Waals surface area contributed by atoms with E-state index in [4.69, 9.17) is 39.5 Å². The third-order valence-corrected chi connectivity index (χ3v) is 5.58. The molecule has 0 aromatic rings. The van der Waals surface area contributed by atoms with E-state index in [1.807, 2.05) is 13.8 Å². The number of alkyl halides is 3. The summed E-state index contributed by atoms with van der Waals surface area (Å²) in [5.41, 5.74) is 0. The summed E-state index contributed by atoms with van der Waals surface area (Å²) < 4.78 is 3.28. The number of aliphatic hydroxyl groups excluding tert-OH is 1. The van der Waals surface area contributed by atoms with Gasteiger partial charge in [0.25, 0.3) is 0 Å². The average Bonchev–Trinajstić information content (AvgIpc) is 3.17. The van der Waals surface area contributed by atoms with Crippen molar-refractivity contribution in [2.45, 2.75) is 75.9 Å². The van der Waals surface area contributed by atoms with Gasteiger partial charge in [0, 0.05) is 6.54 Å². The summed E-state index contributed by atoms with van der Waals surface area (Å²) in [7, 11) is 0. The Hall–Kier alpha value is -1.09.